The van der Waals surface area contributed by atoms with Crippen molar-refractivity contribution >= 4 is 22.4 Å². The van der Waals surface area contributed by atoms with Crippen LogP contribution in [0.25, 0.3) is 6.08 Å². The molecule has 0 aromatic carbocycles. The van der Waals surface area contributed by atoms with Gasteiger partial charge in [-0.15, -0.1) is 11.3 Å². The Labute approximate surface area is 100.0 Å². The highest BCUT2D eigenvalue weighted by atomic mass is 32.1. The van der Waals surface area contributed by atoms with E-state index in [0.717, 1.165) is 31.9 Å². The molecule has 1 aromatic rings. The van der Waals surface area contributed by atoms with Crippen LogP contribution in [0.4, 0.5) is 5.00 Å². The van der Waals surface area contributed by atoms with Gasteiger partial charge in [0.25, 0.3) is 0 Å². The molecular formula is C12H17NO2S. The van der Waals surface area contributed by atoms with E-state index < -0.39 is 0 Å². The lowest BCUT2D eigenvalue weighted by molar-refractivity contribution is 0.123. The third kappa shape index (κ3) is 2.84. The van der Waals surface area contributed by atoms with E-state index in [0.29, 0.717) is 0 Å². The molecule has 1 aromatic heterocycles. The summed E-state index contributed by atoms with van der Waals surface area (Å²) < 4.78 is 5.33. The second-order valence-electron chi connectivity index (χ2n) is 3.92. The summed E-state index contributed by atoms with van der Waals surface area (Å²) in [7, 11) is 0. The van der Waals surface area contributed by atoms with Crippen LogP contribution in [0, 0.1) is 0 Å². The first kappa shape index (κ1) is 11.6. The van der Waals surface area contributed by atoms with Gasteiger partial charge in [-0.2, -0.15) is 0 Å². The number of aliphatic hydroxyl groups excluding tert-OH is 1. The number of hydrogen-bond acceptors (Lipinski definition) is 4. The second-order valence-corrected chi connectivity index (χ2v) is 5.02. The van der Waals surface area contributed by atoms with E-state index in [2.05, 4.69) is 17.0 Å². The minimum atomic E-state index is 0.130. The number of hydrogen-bond donors (Lipinski definition) is 1. The van der Waals surface area contributed by atoms with Gasteiger partial charge in [-0.05, 0) is 30.7 Å². The molecule has 0 radical (unpaired) electrons. The predicted octanol–water partition coefficient (Wildman–Crippen LogP) is 1.98. The zero-order valence-electron chi connectivity index (χ0n) is 9.48. The first-order valence-electron chi connectivity index (χ1n) is 5.50. The van der Waals surface area contributed by atoms with E-state index in [-0.39, 0.29) is 6.61 Å². The van der Waals surface area contributed by atoms with Gasteiger partial charge in [-0.25, -0.2) is 0 Å². The molecule has 0 unspecified atom stereocenters. The Morgan fingerprint density at radius 2 is 2.25 bits per heavy atom. The van der Waals surface area contributed by atoms with Crippen molar-refractivity contribution in [1.29, 1.82) is 0 Å². The van der Waals surface area contributed by atoms with Crippen molar-refractivity contribution < 1.29 is 9.84 Å². The molecule has 0 amide bonds. The predicted molar refractivity (Wildman–Crippen MR) is 68.1 cm³/mol. The average molecular weight is 239 g/mol. The molecular weight excluding hydrogens is 222 g/mol. The lowest BCUT2D eigenvalue weighted by atomic mass is 10.3. The van der Waals surface area contributed by atoms with Crippen LogP contribution in [0.15, 0.2) is 17.7 Å². The van der Waals surface area contributed by atoms with Crippen LogP contribution < -0.4 is 4.90 Å². The number of aliphatic hydroxyl groups is 1. The third-order valence-electron chi connectivity index (χ3n) is 2.57. The first-order chi connectivity index (χ1) is 7.79. The van der Waals surface area contributed by atoms with Gasteiger partial charge < -0.3 is 14.7 Å². The van der Waals surface area contributed by atoms with E-state index in [1.807, 2.05) is 13.0 Å². The fraction of sp³-hybridized carbons (Fsp3) is 0.500. The van der Waals surface area contributed by atoms with Crippen molar-refractivity contribution in [3.05, 3.63) is 22.6 Å². The fourth-order valence-corrected chi connectivity index (χ4v) is 2.75. The third-order valence-corrected chi connectivity index (χ3v) is 3.67. The molecule has 2 heterocycles. The van der Waals surface area contributed by atoms with E-state index in [9.17, 15) is 0 Å². The number of thiophene rings is 1. The molecule has 1 fully saturated rings. The van der Waals surface area contributed by atoms with Gasteiger partial charge in [-0.3, -0.25) is 0 Å². The van der Waals surface area contributed by atoms with Crippen molar-refractivity contribution in [1.82, 2.24) is 0 Å². The molecule has 0 bridgehead atoms. The second kappa shape index (κ2) is 5.48. The maximum atomic E-state index is 8.96. The molecule has 0 aliphatic carbocycles. The van der Waals surface area contributed by atoms with Crippen molar-refractivity contribution in [3.8, 4) is 0 Å². The highest BCUT2D eigenvalue weighted by Gasteiger charge is 2.12. The molecule has 0 saturated carbocycles. The molecule has 1 aliphatic heterocycles. The van der Waals surface area contributed by atoms with Crippen LogP contribution in [-0.4, -0.2) is 38.0 Å². The van der Waals surface area contributed by atoms with E-state index in [1.165, 1.54) is 9.88 Å². The average Bonchev–Trinajstić information content (AvgIpc) is 2.78. The molecule has 1 N–H and O–H groups in total. The van der Waals surface area contributed by atoms with Gasteiger partial charge in [0.1, 0.15) is 0 Å². The number of rotatable bonds is 3. The highest BCUT2D eigenvalue weighted by Crippen LogP contribution is 2.28. The summed E-state index contributed by atoms with van der Waals surface area (Å²) in [6.45, 7) is 5.65. The largest absolute Gasteiger partial charge is 0.392 e. The molecule has 16 heavy (non-hydrogen) atoms. The van der Waals surface area contributed by atoms with Gasteiger partial charge in [0, 0.05) is 18.0 Å². The Morgan fingerprint density at radius 3 is 2.94 bits per heavy atom. The van der Waals surface area contributed by atoms with Gasteiger partial charge in [0.05, 0.1) is 24.8 Å². The monoisotopic (exact) mass is 239 g/mol. The Morgan fingerprint density at radius 1 is 1.50 bits per heavy atom. The summed E-state index contributed by atoms with van der Waals surface area (Å²) in [6.07, 6.45) is 2.04. The van der Waals surface area contributed by atoms with Crippen molar-refractivity contribution in [2.45, 2.75) is 6.92 Å². The number of ether oxygens (including phenoxy) is 1. The normalized spacial score (nSPS) is 17.9. The maximum Gasteiger partial charge on any atom is 0.0916 e. The number of anilines is 1. The van der Waals surface area contributed by atoms with Crippen molar-refractivity contribution in [2.24, 2.45) is 0 Å². The minimum Gasteiger partial charge on any atom is -0.392 e. The highest BCUT2D eigenvalue weighted by molar-refractivity contribution is 7.16. The molecule has 2 rings (SSSR count). The lowest BCUT2D eigenvalue weighted by Gasteiger charge is -2.27. The summed E-state index contributed by atoms with van der Waals surface area (Å²) >= 11 is 1.77. The van der Waals surface area contributed by atoms with Crippen molar-refractivity contribution in [2.75, 3.05) is 37.8 Å². The van der Waals surface area contributed by atoms with Gasteiger partial charge >= 0.3 is 0 Å². The Kier molecular flexibility index (Phi) is 3.98. The van der Waals surface area contributed by atoms with Crippen molar-refractivity contribution in [3.63, 3.8) is 0 Å². The minimum absolute atomic E-state index is 0.130. The van der Waals surface area contributed by atoms with E-state index in [4.69, 9.17) is 9.84 Å². The molecule has 88 valence electrons. The van der Waals surface area contributed by atoms with Crippen LogP contribution >= 0.6 is 11.3 Å². The standard InChI is InChI=1S/C12H17NO2S/c1-10(9-14)8-11-2-3-12(16-11)13-4-6-15-7-5-13/h2-3,8,14H,4-7,9H2,1H3. The first-order valence-corrected chi connectivity index (χ1v) is 6.32. The van der Waals surface area contributed by atoms with Gasteiger partial charge in [0.15, 0.2) is 0 Å². The summed E-state index contributed by atoms with van der Waals surface area (Å²) in [6, 6.07) is 4.25. The van der Waals surface area contributed by atoms with Crippen LogP contribution in [0.3, 0.4) is 0 Å². The molecule has 0 atom stereocenters. The van der Waals surface area contributed by atoms with Crippen LogP contribution in [0.5, 0.6) is 0 Å². The summed E-state index contributed by atoms with van der Waals surface area (Å²) in [5, 5.41) is 10.3. The molecule has 1 saturated heterocycles. The number of nitrogens with zero attached hydrogens (tertiary/aromatic N) is 1. The SMILES string of the molecule is CC(=Cc1ccc(N2CCOCC2)s1)CO. The van der Waals surface area contributed by atoms with Gasteiger partial charge in [-0.1, -0.05) is 0 Å². The zero-order chi connectivity index (χ0) is 11.4. The number of morpholine rings is 1. The van der Waals surface area contributed by atoms with Crippen LogP contribution in [-0.2, 0) is 4.74 Å². The Bertz CT molecular complexity index is 367. The Hall–Kier alpha value is -0.840. The zero-order valence-corrected chi connectivity index (χ0v) is 10.3. The molecule has 1 aliphatic rings. The molecule has 0 spiro atoms. The summed E-state index contributed by atoms with van der Waals surface area (Å²) in [5.41, 5.74) is 0.996. The fourth-order valence-electron chi connectivity index (χ4n) is 1.66. The molecule has 3 nitrogen and oxygen atoms in total. The molecule has 4 heteroatoms. The maximum absolute atomic E-state index is 8.96. The van der Waals surface area contributed by atoms with E-state index >= 15 is 0 Å². The quantitative estimate of drug-likeness (QED) is 0.875. The van der Waals surface area contributed by atoms with E-state index in [1.54, 1.807) is 11.3 Å². The lowest BCUT2D eigenvalue weighted by Crippen LogP contribution is -2.35. The summed E-state index contributed by atoms with van der Waals surface area (Å²) in [5.74, 6) is 0. The summed E-state index contributed by atoms with van der Waals surface area (Å²) in [4.78, 5) is 3.55. The Balaban J connectivity index is 2.06. The topological polar surface area (TPSA) is 32.7 Å². The van der Waals surface area contributed by atoms with Gasteiger partial charge in [0.2, 0.25) is 0 Å². The smallest absolute Gasteiger partial charge is 0.0916 e. The van der Waals surface area contributed by atoms with Crippen LogP contribution in [0.1, 0.15) is 11.8 Å². The van der Waals surface area contributed by atoms with Crippen LogP contribution in [0.2, 0.25) is 0 Å².